The van der Waals surface area contributed by atoms with E-state index in [1.807, 2.05) is 0 Å². The first kappa shape index (κ1) is 12.9. The van der Waals surface area contributed by atoms with E-state index in [9.17, 15) is 0 Å². The van der Waals surface area contributed by atoms with Crippen molar-refractivity contribution in [1.82, 2.24) is 10.2 Å². The highest BCUT2D eigenvalue weighted by Gasteiger charge is 2.37. The maximum absolute atomic E-state index is 3.78. The lowest BCUT2D eigenvalue weighted by molar-refractivity contribution is 0.0940. The van der Waals surface area contributed by atoms with E-state index in [0.717, 1.165) is 30.1 Å². The van der Waals surface area contributed by atoms with Gasteiger partial charge in [-0.15, -0.1) is 0 Å². The largest absolute Gasteiger partial charge is 0.311 e. The predicted octanol–water partition coefficient (Wildman–Crippen LogP) is 3.17. The minimum absolute atomic E-state index is 0.819. The van der Waals surface area contributed by atoms with Gasteiger partial charge in [0, 0.05) is 24.2 Å². The Morgan fingerprint density at radius 3 is 2.33 bits per heavy atom. The number of hydrogen-bond donors (Lipinski definition) is 1. The maximum atomic E-state index is 3.78. The summed E-state index contributed by atoms with van der Waals surface area (Å²) in [5.74, 6) is 1.07. The van der Waals surface area contributed by atoms with Crippen LogP contribution in [0.1, 0.15) is 65.2 Å². The summed E-state index contributed by atoms with van der Waals surface area (Å²) in [6.45, 7) is 6.14. The highest BCUT2D eigenvalue weighted by molar-refractivity contribution is 4.97. The fraction of sp³-hybridized carbons (Fsp3) is 1.00. The van der Waals surface area contributed by atoms with Crippen LogP contribution in [0.5, 0.6) is 0 Å². The average molecular weight is 250 g/mol. The lowest BCUT2D eigenvalue weighted by Gasteiger charge is -2.41. The molecule has 3 atom stereocenters. The molecule has 104 valence electrons. The molecule has 2 nitrogen and oxygen atoms in total. The van der Waals surface area contributed by atoms with Gasteiger partial charge >= 0.3 is 0 Å². The summed E-state index contributed by atoms with van der Waals surface area (Å²) in [7, 11) is 0. The van der Waals surface area contributed by atoms with E-state index in [0.29, 0.717) is 0 Å². The molecule has 3 fully saturated rings. The van der Waals surface area contributed by atoms with Crippen molar-refractivity contribution in [2.75, 3.05) is 6.54 Å². The van der Waals surface area contributed by atoms with Crippen molar-refractivity contribution >= 4 is 0 Å². The Balaban J connectivity index is 1.60. The van der Waals surface area contributed by atoms with E-state index in [1.165, 1.54) is 57.9 Å². The summed E-state index contributed by atoms with van der Waals surface area (Å²) in [4.78, 5) is 2.87. The molecule has 2 heterocycles. The summed E-state index contributed by atoms with van der Waals surface area (Å²) < 4.78 is 0. The monoisotopic (exact) mass is 250 g/mol. The van der Waals surface area contributed by atoms with Gasteiger partial charge in [-0.1, -0.05) is 19.8 Å². The molecule has 1 N–H and O–H groups in total. The number of fused-ring (bicyclic) bond motifs is 2. The molecule has 1 aliphatic carbocycles. The standard InChI is InChI=1S/C16H30N2/c1-3-8-18(12(2)9-13-4-5-13)16-10-14-6-7-15(11-16)17-14/h12-17H,3-11H2,1-2H3. The fourth-order valence-corrected chi connectivity index (χ4v) is 4.29. The summed E-state index contributed by atoms with van der Waals surface area (Å²) >= 11 is 0. The maximum Gasteiger partial charge on any atom is 0.0128 e. The van der Waals surface area contributed by atoms with Crippen LogP contribution < -0.4 is 5.32 Å². The van der Waals surface area contributed by atoms with Crippen molar-refractivity contribution in [3.8, 4) is 0 Å². The van der Waals surface area contributed by atoms with Gasteiger partial charge in [0.25, 0.3) is 0 Å². The Hall–Kier alpha value is -0.0800. The molecule has 2 saturated heterocycles. The molecule has 1 saturated carbocycles. The highest BCUT2D eigenvalue weighted by Crippen LogP contribution is 2.37. The quantitative estimate of drug-likeness (QED) is 0.779. The second kappa shape index (κ2) is 5.50. The lowest BCUT2D eigenvalue weighted by Crippen LogP contribution is -2.51. The van der Waals surface area contributed by atoms with Gasteiger partial charge in [0.1, 0.15) is 0 Å². The minimum atomic E-state index is 0.819. The van der Waals surface area contributed by atoms with Crippen molar-refractivity contribution in [2.45, 2.75) is 89.4 Å². The minimum Gasteiger partial charge on any atom is -0.311 e. The average Bonchev–Trinajstić information content (AvgIpc) is 3.11. The third-order valence-electron chi connectivity index (χ3n) is 5.34. The van der Waals surface area contributed by atoms with E-state index < -0.39 is 0 Å². The number of piperidine rings is 1. The topological polar surface area (TPSA) is 15.3 Å². The summed E-state index contributed by atoms with van der Waals surface area (Å²) in [6.07, 6.45) is 11.4. The first-order valence-corrected chi connectivity index (χ1v) is 8.28. The Morgan fingerprint density at radius 2 is 1.78 bits per heavy atom. The van der Waals surface area contributed by atoms with Crippen LogP contribution in [0, 0.1) is 5.92 Å². The molecule has 0 aromatic heterocycles. The third-order valence-corrected chi connectivity index (χ3v) is 5.34. The van der Waals surface area contributed by atoms with Crippen LogP contribution in [-0.4, -0.2) is 35.6 Å². The smallest absolute Gasteiger partial charge is 0.0128 e. The van der Waals surface area contributed by atoms with Crippen molar-refractivity contribution in [3.05, 3.63) is 0 Å². The second-order valence-corrected chi connectivity index (χ2v) is 7.03. The Morgan fingerprint density at radius 1 is 1.11 bits per heavy atom. The number of nitrogens with one attached hydrogen (secondary N) is 1. The number of hydrogen-bond acceptors (Lipinski definition) is 2. The summed E-state index contributed by atoms with van der Waals surface area (Å²) in [5.41, 5.74) is 0. The van der Waals surface area contributed by atoms with Gasteiger partial charge < -0.3 is 5.32 Å². The first-order chi connectivity index (χ1) is 8.76. The van der Waals surface area contributed by atoms with Gasteiger partial charge in [-0.2, -0.15) is 0 Å². The number of nitrogens with zero attached hydrogens (tertiary/aromatic N) is 1. The van der Waals surface area contributed by atoms with Crippen LogP contribution in [0.3, 0.4) is 0 Å². The Bertz CT molecular complexity index is 262. The Labute approximate surface area is 113 Å². The van der Waals surface area contributed by atoms with Crippen LogP contribution in [0.4, 0.5) is 0 Å². The molecule has 18 heavy (non-hydrogen) atoms. The van der Waals surface area contributed by atoms with Crippen molar-refractivity contribution in [2.24, 2.45) is 5.92 Å². The van der Waals surface area contributed by atoms with Gasteiger partial charge in [-0.05, 0) is 57.9 Å². The third kappa shape index (κ3) is 2.91. The Kier molecular flexibility index (Phi) is 3.95. The zero-order valence-electron chi connectivity index (χ0n) is 12.2. The van der Waals surface area contributed by atoms with E-state index in [-0.39, 0.29) is 0 Å². The summed E-state index contributed by atoms with van der Waals surface area (Å²) in [5, 5.41) is 3.78. The second-order valence-electron chi connectivity index (χ2n) is 7.03. The molecule has 0 amide bonds. The van der Waals surface area contributed by atoms with Gasteiger partial charge in [-0.3, -0.25) is 4.90 Å². The SMILES string of the molecule is CCCN(C(C)CC1CC1)C1CC2CCC(C1)N2. The molecule has 3 aliphatic rings. The van der Waals surface area contributed by atoms with Gasteiger partial charge in [-0.25, -0.2) is 0 Å². The van der Waals surface area contributed by atoms with E-state index in [2.05, 4.69) is 24.1 Å². The number of rotatable bonds is 6. The van der Waals surface area contributed by atoms with Crippen molar-refractivity contribution in [3.63, 3.8) is 0 Å². The lowest BCUT2D eigenvalue weighted by atomic mass is 9.95. The molecule has 3 rings (SSSR count). The molecular formula is C16H30N2. The van der Waals surface area contributed by atoms with Gasteiger partial charge in [0.15, 0.2) is 0 Å². The first-order valence-electron chi connectivity index (χ1n) is 8.28. The fourth-order valence-electron chi connectivity index (χ4n) is 4.29. The van der Waals surface area contributed by atoms with Crippen molar-refractivity contribution in [1.29, 1.82) is 0 Å². The normalized spacial score (nSPS) is 37.2. The molecule has 0 aromatic rings. The van der Waals surface area contributed by atoms with E-state index >= 15 is 0 Å². The van der Waals surface area contributed by atoms with Crippen LogP contribution in [0.2, 0.25) is 0 Å². The molecule has 0 radical (unpaired) electrons. The predicted molar refractivity (Wildman–Crippen MR) is 76.8 cm³/mol. The molecule has 0 aromatic carbocycles. The van der Waals surface area contributed by atoms with Crippen molar-refractivity contribution < 1.29 is 0 Å². The van der Waals surface area contributed by atoms with Crippen LogP contribution in [0.25, 0.3) is 0 Å². The molecule has 2 aliphatic heterocycles. The van der Waals surface area contributed by atoms with Crippen LogP contribution in [0.15, 0.2) is 0 Å². The molecule has 2 bridgehead atoms. The van der Waals surface area contributed by atoms with Crippen LogP contribution >= 0.6 is 0 Å². The molecule has 2 heteroatoms. The van der Waals surface area contributed by atoms with Gasteiger partial charge in [0.05, 0.1) is 0 Å². The molecule has 3 unspecified atom stereocenters. The summed E-state index contributed by atoms with van der Waals surface area (Å²) in [6, 6.07) is 3.36. The zero-order valence-corrected chi connectivity index (χ0v) is 12.2. The highest BCUT2D eigenvalue weighted by atomic mass is 15.2. The molecular weight excluding hydrogens is 220 g/mol. The van der Waals surface area contributed by atoms with Crippen LogP contribution in [-0.2, 0) is 0 Å². The zero-order chi connectivity index (χ0) is 12.5. The van der Waals surface area contributed by atoms with E-state index in [1.54, 1.807) is 0 Å². The van der Waals surface area contributed by atoms with E-state index in [4.69, 9.17) is 0 Å². The molecule has 0 spiro atoms. The van der Waals surface area contributed by atoms with Gasteiger partial charge in [0.2, 0.25) is 0 Å².